The van der Waals surface area contributed by atoms with Crippen molar-refractivity contribution in [3.05, 3.63) is 22.8 Å². The largest absolute Gasteiger partial charge is 0.516 e. The summed E-state index contributed by atoms with van der Waals surface area (Å²) in [6.45, 7) is 8.03. The quantitative estimate of drug-likeness (QED) is 0.848. The molecule has 6 heteroatoms. The Morgan fingerprint density at radius 3 is 2.20 bits per heavy atom. The van der Waals surface area contributed by atoms with E-state index in [9.17, 15) is 0 Å². The average Bonchev–Trinajstić information content (AvgIpc) is 3.01. The van der Waals surface area contributed by atoms with Gasteiger partial charge in [0.15, 0.2) is 0 Å². The van der Waals surface area contributed by atoms with Crippen LogP contribution in [-0.2, 0) is 14.8 Å². The third kappa shape index (κ3) is 2.17. The van der Waals surface area contributed by atoms with Crippen LogP contribution >= 0.6 is 11.6 Å². The zero-order valence-electron chi connectivity index (χ0n) is 12.4. The Kier molecular flexibility index (Phi) is 3.01. The van der Waals surface area contributed by atoms with Gasteiger partial charge in [0.25, 0.3) is 0 Å². The molecule has 0 unspecified atom stereocenters. The molecule has 0 bridgehead atoms. The molecule has 4 nitrogen and oxygen atoms in total. The van der Waals surface area contributed by atoms with E-state index in [4.69, 9.17) is 26.6 Å². The van der Waals surface area contributed by atoms with Crippen molar-refractivity contribution in [3.8, 4) is 0 Å². The Hall–Kier alpha value is -0.615. The molecular formula is C14H20BClN2O2. The molecular weight excluding hydrogens is 274 g/mol. The van der Waals surface area contributed by atoms with Gasteiger partial charge in [-0.1, -0.05) is 11.6 Å². The maximum Gasteiger partial charge on any atom is 0.516 e. The van der Waals surface area contributed by atoms with Gasteiger partial charge in [-0.2, -0.15) is 0 Å². The zero-order valence-corrected chi connectivity index (χ0v) is 13.1. The first kappa shape index (κ1) is 14.3. The van der Waals surface area contributed by atoms with Gasteiger partial charge in [-0.25, -0.2) is 0 Å². The van der Waals surface area contributed by atoms with Gasteiger partial charge >= 0.3 is 7.12 Å². The molecule has 1 aromatic heterocycles. The molecule has 1 aromatic rings. The van der Waals surface area contributed by atoms with Crippen LogP contribution in [0, 0.1) is 0 Å². The predicted molar refractivity (Wildman–Crippen MR) is 80.1 cm³/mol. The van der Waals surface area contributed by atoms with Crippen molar-refractivity contribution in [3.63, 3.8) is 0 Å². The normalized spacial score (nSPS) is 25.8. The van der Waals surface area contributed by atoms with Crippen LogP contribution in [0.5, 0.6) is 0 Å². The van der Waals surface area contributed by atoms with Crippen molar-refractivity contribution in [1.82, 2.24) is 4.98 Å². The summed E-state index contributed by atoms with van der Waals surface area (Å²) < 4.78 is 11.9. The minimum absolute atomic E-state index is 0.231. The van der Waals surface area contributed by atoms with Gasteiger partial charge in [-0.15, -0.1) is 0 Å². The summed E-state index contributed by atoms with van der Waals surface area (Å²) in [5.41, 5.74) is 6.75. The van der Waals surface area contributed by atoms with E-state index in [2.05, 4.69) is 4.98 Å². The van der Waals surface area contributed by atoms with Crippen LogP contribution in [0.1, 0.15) is 46.1 Å². The highest BCUT2D eigenvalue weighted by molar-refractivity contribution is 6.64. The summed E-state index contributed by atoms with van der Waals surface area (Å²) in [4.78, 5) is 4.44. The molecule has 0 atom stereocenters. The fourth-order valence-corrected chi connectivity index (χ4v) is 2.53. The number of nitrogens with two attached hydrogens (primary N) is 1. The van der Waals surface area contributed by atoms with Crippen molar-refractivity contribution >= 4 is 24.3 Å². The molecule has 1 saturated heterocycles. The van der Waals surface area contributed by atoms with Crippen LogP contribution < -0.4 is 11.3 Å². The number of nitrogens with zero attached hydrogens (tertiary/aromatic N) is 1. The maximum absolute atomic E-state index is 6.35. The molecule has 1 saturated carbocycles. The first-order valence-corrected chi connectivity index (χ1v) is 7.33. The number of hydrogen-bond acceptors (Lipinski definition) is 4. The lowest BCUT2D eigenvalue weighted by atomic mass is 9.83. The Morgan fingerprint density at radius 2 is 1.75 bits per heavy atom. The molecule has 0 aromatic carbocycles. The molecule has 0 amide bonds. The third-order valence-electron chi connectivity index (χ3n) is 4.71. The van der Waals surface area contributed by atoms with E-state index in [1.54, 1.807) is 6.20 Å². The van der Waals surface area contributed by atoms with E-state index < -0.39 is 18.3 Å². The molecule has 2 heterocycles. The predicted octanol–water partition coefficient (Wildman–Crippen LogP) is 1.98. The summed E-state index contributed by atoms with van der Waals surface area (Å²) in [6.07, 6.45) is 3.76. The molecule has 1 aliphatic heterocycles. The monoisotopic (exact) mass is 294 g/mol. The number of halogens is 1. The maximum atomic E-state index is 6.35. The molecule has 0 radical (unpaired) electrons. The van der Waals surface area contributed by atoms with Gasteiger partial charge in [0.05, 0.1) is 21.8 Å². The topological polar surface area (TPSA) is 57.4 Å². The second kappa shape index (κ2) is 4.20. The average molecular weight is 295 g/mol. The molecule has 1 aliphatic carbocycles. The molecule has 2 aliphatic rings. The molecule has 20 heavy (non-hydrogen) atoms. The Balaban J connectivity index is 1.89. The number of rotatable bonds is 2. The summed E-state index contributed by atoms with van der Waals surface area (Å²) >= 11 is 6.35. The van der Waals surface area contributed by atoms with Crippen LogP contribution in [0.25, 0.3) is 0 Å². The lowest BCUT2D eigenvalue weighted by Crippen LogP contribution is -2.41. The van der Waals surface area contributed by atoms with Gasteiger partial charge in [0, 0.05) is 11.7 Å². The standard InChI is InChI=1S/C14H20BClN2O2/c1-12(2)13(3,4)20-15(19-12)11-10(16)7-9(8-18-11)14(17)5-6-14/h7-8H,5-6,17H2,1-4H3. The van der Waals surface area contributed by atoms with E-state index in [1.807, 2.05) is 33.8 Å². The Morgan fingerprint density at radius 1 is 1.20 bits per heavy atom. The minimum atomic E-state index is -0.533. The van der Waals surface area contributed by atoms with E-state index in [1.165, 1.54) is 0 Å². The summed E-state index contributed by atoms with van der Waals surface area (Å²) in [7, 11) is -0.533. The first-order chi connectivity index (χ1) is 9.15. The van der Waals surface area contributed by atoms with Gasteiger partial charge < -0.3 is 15.0 Å². The fraction of sp³-hybridized carbons (Fsp3) is 0.643. The number of aromatic nitrogens is 1. The van der Waals surface area contributed by atoms with E-state index in [0.717, 1.165) is 18.4 Å². The van der Waals surface area contributed by atoms with Crippen LogP contribution in [-0.4, -0.2) is 23.3 Å². The van der Waals surface area contributed by atoms with Crippen LogP contribution in [0.15, 0.2) is 12.3 Å². The van der Waals surface area contributed by atoms with Gasteiger partial charge in [0.1, 0.15) is 0 Å². The minimum Gasteiger partial charge on any atom is -0.398 e. The zero-order chi connectivity index (χ0) is 14.8. The summed E-state index contributed by atoms with van der Waals surface area (Å²) in [5.74, 6) is 0. The second-order valence-corrected chi connectivity index (χ2v) is 7.24. The lowest BCUT2D eigenvalue weighted by molar-refractivity contribution is 0.00578. The van der Waals surface area contributed by atoms with Crippen LogP contribution in [0.4, 0.5) is 0 Å². The fourth-order valence-electron chi connectivity index (χ4n) is 2.27. The molecule has 3 rings (SSSR count). The molecule has 2 fully saturated rings. The van der Waals surface area contributed by atoms with Crippen molar-refractivity contribution in [1.29, 1.82) is 0 Å². The van der Waals surface area contributed by atoms with Crippen molar-refractivity contribution in [2.45, 2.75) is 57.3 Å². The second-order valence-electron chi connectivity index (χ2n) is 6.84. The molecule has 108 valence electrons. The van der Waals surface area contributed by atoms with E-state index >= 15 is 0 Å². The van der Waals surface area contributed by atoms with E-state index in [0.29, 0.717) is 10.6 Å². The van der Waals surface area contributed by atoms with Gasteiger partial charge in [-0.3, -0.25) is 4.98 Å². The molecule has 0 spiro atoms. The van der Waals surface area contributed by atoms with Crippen LogP contribution in [0.2, 0.25) is 5.02 Å². The van der Waals surface area contributed by atoms with Crippen LogP contribution in [0.3, 0.4) is 0 Å². The number of pyridine rings is 1. The highest BCUT2D eigenvalue weighted by atomic mass is 35.5. The van der Waals surface area contributed by atoms with Gasteiger partial charge in [0.2, 0.25) is 0 Å². The number of hydrogen-bond donors (Lipinski definition) is 1. The van der Waals surface area contributed by atoms with Gasteiger partial charge in [-0.05, 0) is 52.2 Å². The Bertz CT molecular complexity index is 542. The third-order valence-corrected chi connectivity index (χ3v) is 5.01. The smallest absolute Gasteiger partial charge is 0.398 e. The molecule has 2 N–H and O–H groups in total. The van der Waals surface area contributed by atoms with E-state index in [-0.39, 0.29) is 5.54 Å². The summed E-state index contributed by atoms with van der Waals surface area (Å²) in [5, 5.41) is 0.553. The van der Waals surface area contributed by atoms with Crippen molar-refractivity contribution < 1.29 is 9.31 Å². The SMILES string of the molecule is CC1(C)OB(c2ncc(C3(N)CC3)cc2Cl)OC1(C)C. The Labute approximate surface area is 125 Å². The van der Waals surface area contributed by atoms with Crippen molar-refractivity contribution in [2.24, 2.45) is 5.73 Å². The highest BCUT2D eigenvalue weighted by Gasteiger charge is 2.53. The van der Waals surface area contributed by atoms with Crippen molar-refractivity contribution in [2.75, 3.05) is 0 Å². The highest BCUT2D eigenvalue weighted by Crippen LogP contribution is 2.43. The lowest BCUT2D eigenvalue weighted by Gasteiger charge is -2.32. The first-order valence-electron chi connectivity index (χ1n) is 6.95. The summed E-state index contributed by atoms with van der Waals surface area (Å²) in [6, 6.07) is 1.89.